The molecule has 4 atom stereocenters. The topological polar surface area (TPSA) is 94.8 Å². The van der Waals surface area contributed by atoms with E-state index in [1.165, 1.54) is 6.08 Å². The molecular formula is C31H45N3O4S. The Hall–Kier alpha value is -2.81. The Labute approximate surface area is 238 Å². The van der Waals surface area contributed by atoms with E-state index in [9.17, 15) is 9.59 Å². The Kier molecular flexibility index (Phi) is 13.6. The van der Waals surface area contributed by atoms with Crippen molar-refractivity contribution in [2.75, 3.05) is 20.6 Å². The molecule has 1 aromatic rings. The SMILES string of the molecule is CC1=C/C=C\C(=O)O[C@H](/C=C(C)/C=C/C(C)=C\CN(C)C)Cc2nc(cs2)[C@@H](C)C[C@@H](N)CC(=O)O[C@H](C)C1. The van der Waals surface area contributed by atoms with Crippen molar-refractivity contribution in [1.82, 2.24) is 9.88 Å². The Morgan fingerprint density at radius 3 is 2.56 bits per heavy atom. The maximum atomic E-state index is 12.7. The number of nitrogens with zero attached hydrogens (tertiary/aromatic N) is 2. The molecule has 7 nitrogen and oxygen atoms in total. The number of allylic oxidation sites excluding steroid dienone is 6. The van der Waals surface area contributed by atoms with Crippen molar-refractivity contribution in [2.45, 2.75) is 84.5 Å². The van der Waals surface area contributed by atoms with E-state index < -0.39 is 12.1 Å². The van der Waals surface area contributed by atoms with Crippen LogP contribution in [-0.2, 0) is 25.5 Å². The third-order valence-corrected chi connectivity index (χ3v) is 7.08. The Balaban J connectivity index is 2.30. The fourth-order valence-corrected chi connectivity index (χ4v) is 5.11. The van der Waals surface area contributed by atoms with Gasteiger partial charge in [0.25, 0.3) is 0 Å². The number of carbonyl (C=O) groups is 2. The molecule has 1 aliphatic heterocycles. The minimum Gasteiger partial charge on any atom is -0.462 e. The predicted octanol–water partition coefficient (Wildman–Crippen LogP) is 5.66. The van der Waals surface area contributed by atoms with Crippen LogP contribution in [0.1, 0.15) is 70.5 Å². The third-order valence-electron chi connectivity index (χ3n) is 6.19. The zero-order valence-corrected chi connectivity index (χ0v) is 25.3. The molecule has 0 saturated heterocycles. The summed E-state index contributed by atoms with van der Waals surface area (Å²) in [6.07, 6.45) is 14.2. The number of ether oxygens (including phenoxy) is 2. The summed E-state index contributed by atoms with van der Waals surface area (Å²) in [6, 6.07) is -0.312. The van der Waals surface area contributed by atoms with Crippen LogP contribution in [0.2, 0.25) is 0 Å². The molecule has 0 aliphatic carbocycles. The number of hydrogen-bond acceptors (Lipinski definition) is 8. The van der Waals surface area contributed by atoms with Crippen molar-refractivity contribution in [1.29, 1.82) is 0 Å². The van der Waals surface area contributed by atoms with Gasteiger partial charge in [0.15, 0.2) is 0 Å². The lowest BCUT2D eigenvalue weighted by Crippen LogP contribution is -2.28. The van der Waals surface area contributed by atoms with Gasteiger partial charge < -0.3 is 20.1 Å². The highest BCUT2D eigenvalue weighted by atomic mass is 32.1. The highest BCUT2D eigenvalue weighted by Gasteiger charge is 2.20. The predicted molar refractivity (Wildman–Crippen MR) is 160 cm³/mol. The Morgan fingerprint density at radius 2 is 1.85 bits per heavy atom. The van der Waals surface area contributed by atoms with E-state index >= 15 is 0 Å². The molecular weight excluding hydrogens is 510 g/mol. The van der Waals surface area contributed by atoms with E-state index in [1.54, 1.807) is 17.4 Å². The lowest BCUT2D eigenvalue weighted by Gasteiger charge is -2.18. The molecule has 1 aliphatic rings. The summed E-state index contributed by atoms with van der Waals surface area (Å²) in [6.45, 7) is 10.8. The molecule has 0 saturated carbocycles. The number of likely N-dealkylation sites (N-methyl/N-ethyl adjacent to an activating group) is 1. The first kappa shape index (κ1) is 32.4. The lowest BCUT2D eigenvalue weighted by molar-refractivity contribution is -0.148. The van der Waals surface area contributed by atoms with Crippen LogP contribution < -0.4 is 5.73 Å². The van der Waals surface area contributed by atoms with Crippen molar-refractivity contribution < 1.29 is 19.1 Å². The quantitative estimate of drug-likeness (QED) is 0.370. The summed E-state index contributed by atoms with van der Waals surface area (Å²) in [5, 5.41) is 2.90. The smallest absolute Gasteiger partial charge is 0.331 e. The first-order chi connectivity index (χ1) is 18.4. The summed E-state index contributed by atoms with van der Waals surface area (Å²) >= 11 is 1.54. The summed E-state index contributed by atoms with van der Waals surface area (Å²) in [7, 11) is 4.07. The molecule has 0 amide bonds. The van der Waals surface area contributed by atoms with Crippen LogP contribution in [0.15, 0.2) is 64.6 Å². The number of cyclic esters (lactones) is 2. The number of rotatable bonds is 5. The molecule has 0 unspecified atom stereocenters. The number of fused-ring (bicyclic) bond motifs is 2. The van der Waals surface area contributed by atoms with Gasteiger partial charge in [-0.15, -0.1) is 11.3 Å². The number of hydrogen-bond donors (Lipinski definition) is 1. The number of aromatic nitrogens is 1. The maximum absolute atomic E-state index is 12.7. The Bertz CT molecular complexity index is 1110. The second-order valence-corrected chi connectivity index (χ2v) is 11.7. The van der Waals surface area contributed by atoms with Crippen molar-refractivity contribution in [2.24, 2.45) is 5.73 Å². The normalized spacial score (nSPS) is 25.9. The van der Waals surface area contributed by atoms with Crippen molar-refractivity contribution >= 4 is 23.3 Å². The molecule has 8 heteroatoms. The van der Waals surface area contributed by atoms with Crippen LogP contribution in [-0.4, -0.2) is 60.7 Å². The van der Waals surface area contributed by atoms with Crippen molar-refractivity contribution in [3.05, 3.63) is 75.3 Å². The zero-order chi connectivity index (χ0) is 28.9. The van der Waals surface area contributed by atoms with Gasteiger partial charge in [-0.05, 0) is 54.3 Å². The van der Waals surface area contributed by atoms with Gasteiger partial charge in [0.05, 0.1) is 17.1 Å². The van der Waals surface area contributed by atoms with Crippen LogP contribution in [0.25, 0.3) is 0 Å². The molecule has 39 heavy (non-hydrogen) atoms. The van der Waals surface area contributed by atoms with E-state index in [2.05, 4.69) is 30.9 Å². The highest BCUT2D eigenvalue weighted by molar-refractivity contribution is 7.09. The average Bonchev–Trinajstić information content (AvgIpc) is 3.29. The van der Waals surface area contributed by atoms with Crippen LogP contribution in [0, 0.1) is 0 Å². The number of thiazole rings is 1. The second-order valence-electron chi connectivity index (χ2n) is 10.8. The first-order valence-corrected chi connectivity index (χ1v) is 14.4. The van der Waals surface area contributed by atoms with Crippen LogP contribution >= 0.6 is 11.3 Å². The first-order valence-electron chi connectivity index (χ1n) is 13.5. The van der Waals surface area contributed by atoms with E-state index in [0.29, 0.717) is 19.3 Å². The standard InChI is InChI=1S/C31H45N3O4S/c1-21(13-14-34(6)7)11-12-23(3)16-27-19-29-33-28(20-39-29)24(4)17-26(32)18-31(36)37-25(5)15-22(2)9-8-10-30(35)38-27/h8-13,16,20,24-27H,14-15,17-19,32H2,1-7H3/b10-8-,12-11+,21-13-,22-9?,23-16+/t24-,25+,26+,27+/m0/s1. The summed E-state index contributed by atoms with van der Waals surface area (Å²) in [5.41, 5.74) is 10.4. The van der Waals surface area contributed by atoms with Crippen molar-refractivity contribution in [3.8, 4) is 0 Å². The number of carbonyl (C=O) groups excluding carboxylic acids is 2. The van der Waals surface area contributed by atoms with Gasteiger partial charge in [0.2, 0.25) is 0 Å². The summed E-state index contributed by atoms with van der Waals surface area (Å²) in [4.78, 5) is 32.0. The van der Waals surface area contributed by atoms with Gasteiger partial charge >= 0.3 is 11.9 Å². The molecule has 2 N–H and O–H groups in total. The molecule has 2 heterocycles. The zero-order valence-electron chi connectivity index (χ0n) is 24.5. The second kappa shape index (κ2) is 16.3. The van der Waals surface area contributed by atoms with Gasteiger partial charge in [-0.3, -0.25) is 4.79 Å². The molecule has 0 aromatic carbocycles. The van der Waals surface area contributed by atoms with Gasteiger partial charge in [0, 0.05) is 42.8 Å². The minimum atomic E-state index is -0.465. The lowest BCUT2D eigenvalue weighted by atomic mass is 9.98. The van der Waals surface area contributed by atoms with E-state index in [-0.39, 0.29) is 30.5 Å². The van der Waals surface area contributed by atoms with Crippen molar-refractivity contribution in [3.63, 3.8) is 0 Å². The highest BCUT2D eigenvalue weighted by Crippen LogP contribution is 2.25. The average molecular weight is 556 g/mol. The molecule has 2 bridgehead atoms. The molecule has 0 radical (unpaired) electrons. The monoisotopic (exact) mass is 555 g/mol. The van der Waals surface area contributed by atoms with Crippen LogP contribution in [0.4, 0.5) is 0 Å². The van der Waals surface area contributed by atoms with Gasteiger partial charge in [0.1, 0.15) is 12.2 Å². The van der Waals surface area contributed by atoms with Gasteiger partial charge in [-0.1, -0.05) is 54.0 Å². The van der Waals surface area contributed by atoms with E-state index in [4.69, 9.17) is 20.2 Å². The fourth-order valence-electron chi connectivity index (χ4n) is 4.15. The summed E-state index contributed by atoms with van der Waals surface area (Å²) in [5.74, 6) is -0.635. The maximum Gasteiger partial charge on any atom is 0.331 e. The van der Waals surface area contributed by atoms with Crippen LogP contribution in [0.3, 0.4) is 0 Å². The van der Waals surface area contributed by atoms with Gasteiger partial charge in [-0.25, -0.2) is 9.78 Å². The Morgan fingerprint density at radius 1 is 1.13 bits per heavy atom. The third kappa shape index (κ3) is 13.2. The summed E-state index contributed by atoms with van der Waals surface area (Å²) < 4.78 is 11.4. The molecule has 0 spiro atoms. The molecule has 2 rings (SSSR count). The van der Waals surface area contributed by atoms with E-state index in [0.717, 1.165) is 34.0 Å². The molecule has 0 fully saturated rings. The number of nitrogens with two attached hydrogens (primary N) is 1. The minimum absolute atomic E-state index is 0.0866. The molecule has 214 valence electrons. The molecule has 1 aromatic heterocycles. The fraction of sp³-hybridized carbons (Fsp3) is 0.516. The number of esters is 2. The van der Waals surface area contributed by atoms with Crippen LogP contribution in [0.5, 0.6) is 0 Å². The van der Waals surface area contributed by atoms with E-state index in [1.807, 2.05) is 58.5 Å². The largest absolute Gasteiger partial charge is 0.462 e. The van der Waals surface area contributed by atoms with Gasteiger partial charge in [-0.2, -0.15) is 0 Å².